The van der Waals surface area contributed by atoms with Crippen LogP contribution < -0.4 is 4.74 Å². The van der Waals surface area contributed by atoms with Gasteiger partial charge in [-0.15, -0.1) is 0 Å². The normalized spacial score (nSPS) is 10.7. The molecule has 1 aromatic heterocycles. The Bertz CT molecular complexity index is 919. The molecule has 0 saturated heterocycles. The van der Waals surface area contributed by atoms with Crippen molar-refractivity contribution in [2.24, 2.45) is 0 Å². The third kappa shape index (κ3) is 5.42. The van der Waals surface area contributed by atoms with Gasteiger partial charge in [-0.3, -0.25) is 4.79 Å². The molecular weight excluding hydrogens is 354 g/mol. The van der Waals surface area contributed by atoms with E-state index in [2.05, 4.69) is 10.1 Å². The van der Waals surface area contributed by atoms with E-state index < -0.39 is 0 Å². The summed E-state index contributed by atoms with van der Waals surface area (Å²) in [6.07, 6.45) is 0.733. The smallest absolute Gasteiger partial charge is 0.227 e. The Morgan fingerprint density at radius 1 is 1.11 bits per heavy atom. The van der Waals surface area contributed by atoms with Crippen LogP contribution in [0.15, 0.2) is 53.1 Å². The number of hydrogen-bond acceptors (Lipinski definition) is 5. The molecule has 0 radical (unpaired) electrons. The zero-order valence-corrected chi connectivity index (χ0v) is 16.5. The summed E-state index contributed by atoms with van der Waals surface area (Å²) >= 11 is 0. The summed E-state index contributed by atoms with van der Waals surface area (Å²) in [5, 5.41) is 4.00. The van der Waals surface area contributed by atoms with Gasteiger partial charge in [-0.2, -0.15) is 4.98 Å². The molecule has 0 atom stereocenters. The number of benzene rings is 2. The Balaban J connectivity index is 1.44. The molecular formula is C22H25N3O3. The number of ether oxygens (including phenoxy) is 1. The minimum atomic E-state index is 0.0166. The van der Waals surface area contributed by atoms with Crippen LogP contribution in [0.25, 0.3) is 11.4 Å². The quantitative estimate of drug-likeness (QED) is 0.595. The standard InChI is InChI=1S/C22H25N3O3/c1-16-7-9-18(10-8-16)22-23-20(28-24-22)11-12-21(26)25(3)13-14-27-19-6-4-5-17(2)15-19/h4-10,15H,11-14H2,1-3H3. The van der Waals surface area contributed by atoms with Crippen molar-refractivity contribution in [1.29, 1.82) is 0 Å². The van der Waals surface area contributed by atoms with Gasteiger partial charge in [0, 0.05) is 25.5 Å². The molecule has 0 saturated carbocycles. The second kappa shape index (κ2) is 9.17. The topological polar surface area (TPSA) is 68.5 Å². The average molecular weight is 379 g/mol. The van der Waals surface area contributed by atoms with Crippen molar-refractivity contribution in [3.8, 4) is 17.1 Å². The fourth-order valence-corrected chi connectivity index (χ4v) is 2.71. The van der Waals surface area contributed by atoms with E-state index in [0.29, 0.717) is 37.7 Å². The molecule has 0 aliphatic heterocycles. The first kappa shape index (κ1) is 19.6. The fraction of sp³-hybridized carbons (Fsp3) is 0.318. The van der Waals surface area contributed by atoms with Gasteiger partial charge in [-0.1, -0.05) is 47.1 Å². The highest BCUT2D eigenvalue weighted by molar-refractivity contribution is 5.76. The maximum Gasteiger partial charge on any atom is 0.227 e. The van der Waals surface area contributed by atoms with Crippen molar-refractivity contribution in [3.63, 3.8) is 0 Å². The summed E-state index contributed by atoms with van der Waals surface area (Å²) < 4.78 is 11.0. The molecule has 2 aromatic carbocycles. The number of aromatic nitrogens is 2. The summed E-state index contributed by atoms with van der Waals surface area (Å²) in [5.41, 5.74) is 3.22. The van der Waals surface area contributed by atoms with Crippen LogP contribution in [0, 0.1) is 13.8 Å². The number of nitrogens with zero attached hydrogens (tertiary/aromatic N) is 3. The lowest BCUT2D eigenvalue weighted by Crippen LogP contribution is -2.31. The minimum Gasteiger partial charge on any atom is -0.492 e. The maximum atomic E-state index is 12.3. The Kier molecular flexibility index (Phi) is 6.42. The van der Waals surface area contributed by atoms with Gasteiger partial charge >= 0.3 is 0 Å². The zero-order valence-electron chi connectivity index (χ0n) is 16.5. The number of hydrogen-bond donors (Lipinski definition) is 0. The third-order valence-corrected chi connectivity index (χ3v) is 4.44. The molecule has 6 nitrogen and oxygen atoms in total. The highest BCUT2D eigenvalue weighted by atomic mass is 16.5. The van der Waals surface area contributed by atoms with Crippen molar-refractivity contribution in [3.05, 3.63) is 65.5 Å². The molecule has 1 heterocycles. The van der Waals surface area contributed by atoms with Gasteiger partial charge in [0.2, 0.25) is 17.6 Å². The number of carbonyl (C=O) groups is 1. The lowest BCUT2D eigenvalue weighted by molar-refractivity contribution is -0.130. The molecule has 3 rings (SSSR count). The van der Waals surface area contributed by atoms with Crippen LogP contribution in [0.1, 0.15) is 23.4 Å². The Morgan fingerprint density at radius 3 is 2.64 bits per heavy atom. The number of rotatable bonds is 8. The van der Waals surface area contributed by atoms with E-state index in [1.165, 1.54) is 5.56 Å². The van der Waals surface area contributed by atoms with Gasteiger partial charge in [0.15, 0.2) is 0 Å². The first-order chi connectivity index (χ1) is 13.5. The molecule has 1 amide bonds. The van der Waals surface area contributed by atoms with Crippen LogP contribution in [-0.2, 0) is 11.2 Å². The monoisotopic (exact) mass is 379 g/mol. The number of amides is 1. The summed E-state index contributed by atoms with van der Waals surface area (Å²) in [5.74, 6) is 1.84. The highest BCUT2D eigenvalue weighted by Gasteiger charge is 2.13. The van der Waals surface area contributed by atoms with Crippen LogP contribution in [0.4, 0.5) is 0 Å². The minimum absolute atomic E-state index is 0.0166. The summed E-state index contributed by atoms with van der Waals surface area (Å²) in [6, 6.07) is 15.8. The SMILES string of the molecule is Cc1ccc(-c2noc(CCC(=O)N(C)CCOc3cccc(C)c3)n2)cc1. The Labute approximate surface area is 165 Å². The summed E-state index contributed by atoms with van der Waals surface area (Å²) in [4.78, 5) is 18.3. The molecule has 0 N–H and O–H groups in total. The van der Waals surface area contributed by atoms with Gasteiger partial charge in [0.05, 0.1) is 6.54 Å². The molecule has 0 aliphatic carbocycles. The van der Waals surface area contributed by atoms with E-state index >= 15 is 0 Å². The van der Waals surface area contributed by atoms with Crippen LogP contribution >= 0.6 is 0 Å². The largest absolute Gasteiger partial charge is 0.492 e. The molecule has 0 fully saturated rings. The zero-order chi connectivity index (χ0) is 19.9. The van der Waals surface area contributed by atoms with Crippen molar-refractivity contribution in [1.82, 2.24) is 15.0 Å². The van der Waals surface area contributed by atoms with Crippen LogP contribution in [0.3, 0.4) is 0 Å². The number of aryl methyl sites for hydroxylation is 3. The van der Waals surface area contributed by atoms with E-state index in [0.717, 1.165) is 16.9 Å². The van der Waals surface area contributed by atoms with Gasteiger partial charge in [-0.25, -0.2) is 0 Å². The van der Waals surface area contributed by atoms with E-state index in [-0.39, 0.29) is 5.91 Å². The van der Waals surface area contributed by atoms with Crippen molar-refractivity contribution < 1.29 is 14.1 Å². The third-order valence-electron chi connectivity index (χ3n) is 4.44. The first-order valence-corrected chi connectivity index (χ1v) is 9.34. The molecule has 28 heavy (non-hydrogen) atoms. The Morgan fingerprint density at radius 2 is 1.89 bits per heavy atom. The van der Waals surface area contributed by atoms with Gasteiger partial charge < -0.3 is 14.2 Å². The van der Waals surface area contributed by atoms with Gasteiger partial charge in [0.25, 0.3) is 0 Å². The van der Waals surface area contributed by atoms with Crippen molar-refractivity contribution in [2.45, 2.75) is 26.7 Å². The Hall–Kier alpha value is -3.15. The molecule has 0 bridgehead atoms. The highest BCUT2D eigenvalue weighted by Crippen LogP contribution is 2.17. The van der Waals surface area contributed by atoms with E-state index in [1.54, 1.807) is 11.9 Å². The van der Waals surface area contributed by atoms with Gasteiger partial charge in [0.1, 0.15) is 12.4 Å². The van der Waals surface area contributed by atoms with E-state index in [4.69, 9.17) is 9.26 Å². The average Bonchev–Trinajstić information content (AvgIpc) is 3.15. The molecule has 6 heteroatoms. The van der Waals surface area contributed by atoms with Crippen molar-refractivity contribution >= 4 is 5.91 Å². The lowest BCUT2D eigenvalue weighted by Gasteiger charge is -2.17. The molecule has 0 aliphatic rings. The van der Waals surface area contributed by atoms with Gasteiger partial charge in [-0.05, 0) is 31.5 Å². The van der Waals surface area contributed by atoms with E-state index in [1.807, 2.05) is 62.4 Å². The number of likely N-dealkylation sites (N-methyl/N-ethyl adjacent to an activating group) is 1. The first-order valence-electron chi connectivity index (χ1n) is 9.34. The lowest BCUT2D eigenvalue weighted by atomic mass is 10.1. The van der Waals surface area contributed by atoms with Crippen LogP contribution in [0.2, 0.25) is 0 Å². The second-order valence-corrected chi connectivity index (χ2v) is 6.86. The maximum absolute atomic E-state index is 12.3. The number of carbonyl (C=O) groups excluding carboxylic acids is 1. The van der Waals surface area contributed by atoms with Crippen LogP contribution in [0.5, 0.6) is 5.75 Å². The summed E-state index contributed by atoms with van der Waals surface area (Å²) in [6.45, 7) is 5.01. The molecule has 146 valence electrons. The molecule has 3 aromatic rings. The second-order valence-electron chi connectivity index (χ2n) is 6.86. The predicted octanol–water partition coefficient (Wildman–Crippen LogP) is 3.82. The fourth-order valence-electron chi connectivity index (χ4n) is 2.71. The molecule has 0 unspecified atom stereocenters. The summed E-state index contributed by atoms with van der Waals surface area (Å²) in [7, 11) is 1.77. The van der Waals surface area contributed by atoms with E-state index in [9.17, 15) is 4.79 Å². The predicted molar refractivity (Wildman–Crippen MR) is 107 cm³/mol. The van der Waals surface area contributed by atoms with Crippen molar-refractivity contribution in [2.75, 3.05) is 20.2 Å². The molecule has 0 spiro atoms. The van der Waals surface area contributed by atoms with Crippen LogP contribution in [-0.4, -0.2) is 41.1 Å².